The van der Waals surface area contributed by atoms with Crippen LogP contribution in [0.25, 0.3) is 0 Å². The highest BCUT2D eigenvalue weighted by Crippen LogP contribution is 2.48. The minimum Gasteiger partial charge on any atom is -0.478 e. The second-order valence-electron chi connectivity index (χ2n) is 7.54. The highest BCUT2D eigenvalue weighted by Gasteiger charge is 2.60. The molecule has 5 rings (SSSR count). The van der Waals surface area contributed by atoms with Crippen LogP contribution in [0.15, 0.2) is 78.9 Å². The fraction of sp³-hybridized carbons (Fsp3) is 0.125. The first-order valence-electron chi connectivity index (χ1n) is 9.94. The van der Waals surface area contributed by atoms with Crippen molar-refractivity contribution in [2.24, 2.45) is 5.92 Å². The first kappa shape index (κ1) is 20.2. The molecule has 1 N–H and O–H groups in total. The maximum atomic E-state index is 13.5. The van der Waals surface area contributed by atoms with Gasteiger partial charge in [0.2, 0.25) is 5.91 Å². The van der Waals surface area contributed by atoms with E-state index in [4.69, 9.17) is 16.4 Å². The smallest absolute Gasteiger partial charge is 0.336 e. The molecule has 7 nitrogen and oxygen atoms in total. The van der Waals surface area contributed by atoms with E-state index in [-0.39, 0.29) is 5.56 Å². The Hall–Kier alpha value is -3.68. The second-order valence-corrected chi connectivity index (χ2v) is 7.98. The average molecular weight is 449 g/mol. The van der Waals surface area contributed by atoms with Crippen molar-refractivity contribution in [1.82, 2.24) is 0 Å². The summed E-state index contributed by atoms with van der Waals surface area (Å²) in [5.41, 5.74) is 1.45. The average Bonchev–Trinajstić information content (AvgIpc) is 3.31. The number of carboxylic acids is 1. The lowest BCUT2D eigenvalue weighted by Crippen LogP contribution is -2.37. The normalized spacial score (nSPS) is 22.3. The molecule has 8 heteroatoms. The number of anilines is 2. The summed E-state index contributed by atoms with van der Waals surface area (Å²) in [7, 11) is 0. The molecular formula is C24H17ClN2O5. The van der Waals surface area contributed by atoms with Crippen LogP contribution >= 0.6 is 11.6 Å². The zero-order valence-corrected chi connectivity index (χ0v) is 17.3. The van der Waals surface area contributed by atoms with Crippen molar-refractivity contribution in [1.29, 1.82) is 0 Å². The van der Waals surface area contributed by atoms with Gasteiger partial charge >= 0.3 is 5.97 Å². The first-order valence-corrected chi connectivity index (χ1v) is 10.3. The molecule has 0 bridgehead atoms. The van der Waals surface area contributed by atoms with Crippen molar-refractivity contribution in [3.63, 3.8) is 0 Å². The van der Waals surface area contributed by atoms with Crippen LogP contribution in [0.3, 0.4) is 0 Å². The van der Waals surface area contributed by atoms with E-state index in [1.165, 1.54) is 11.1 Å². The van der Waals surface area contributed by atoms with E-state index in [0.717, 1.165) is 4.90 Å². The summed E-state index contributed by atoms with van der Waals surface area (Å²) in [6, 6.07) is 21.0. The summed E-state index contributed by atoms with van der Waals surface area (Å²) in [6.07, 6.45) is -1.08. The van der Waals surface area contributed by atoms with Gasteiger partial charge in [0.25, 0.3) is 5.91 Å². The van der Waals surface area contributed by atoms with Crippen molar-refractivity contribution >= 4 is 40.8 Å². The summed E-state index contributed by atoms with van der Waals surface area (Å²) in [6.45, 7) is 0. The summed E-state index contributed by atoms with van der Waals surface area (Å²) in [5, 5.41) is 11.7. The van der Waals surface area contributed by atoms with Gasteiger partial charge in [-0.05, 0) is 48.0 Å². The number of aromatic carboxylic acids is 1. The van der Waals surface area contributed by atoms with Crippen LogP contribution in [0.4, 0.5) is 11.4 Å². The van der Waals surface area contributed by atoms with Crippen LogP contribution in [-0.2, 0) is 14.4 Å². The van der Waals surface area contributed by atoms with Gasteiger partial charge in [0.15, 0.2) is 6.10 Å². The highest BCUT2D eigenvalue weighted by atomic mass is 35.5. The number of para-hydroxylation sites is 1. The number of carboxylic acid groups (broad SMARTS) is 1. The first-order chi connectivity index (χ1) is 15.5. The van der Waals surface area contributed by atoms with Gasteiger partial charge in [-0.15, -0.1) is 0 Å². The van der Waals surface area contributed by atoms with Gasteiger partial charge in [-0.1, -0.05) is 48.0 Å². The van der Waals surface area contributed by atoms with Crippen molar-refractivity contribution in [3.05, 3.63) is 95.0 Å². The number of amides is 2. The molecule has 32 heavy (non-hydrogen) atoms. The molecule has 0 radical (unpaired) electrons. The Labute approximate surface area is 188 Å². The lowest BCUT2D eigenvalue weighted by Gasteiger charge is -2.29. The number of fused-ring (bicyclic) bond motifs is 1. The highest BCUT2D eigenvalue weighted by molar-refractivity contribution is 6.31. The zero-order valence-electron chi connectivity index (χ0n) is 16.6. The molecule has 0 aromatic heterocycles. The van der Waals surface area contributed by atoms with Crippen molar-refractivity contribution in [2.75, 3.05) is 9.96 Å². The third-order valence-corrected chi connectivity index (χ3v) is 5.97. The Morgan fingerprint density at radius 3 is 2.19 bits per heavy atom. The van der Waals surface area contributed by atoms with Gasteiger partial charge in [0.05, 0.1) is 23.0 Å². The molecule has 0 unspecified atom stereocenters. The fourth-order valence-electron chi connectivity index (χ4n) is 4.32. The molecule has 2 heterocycles. The number of carbonyl (C=O) groups is 3. The molecule has 2 aliphatic heterocycles. The quantitative estimate of drug-likeness (QED) is 0.605. The van der Waals surface area contributed by atoms with Crippen LogP contribution in [0, 0.1) is 5.92 Å². The van der Waals surface area contributed by atoms with Gasteiger partial charge in [-0.2, -0.15) is 0 Å². The Bertz CT molecular complexity index is 1210. The van der Waals surface area contributed by atoms with Crippen molar-refractivity contribution in [3.8, 4) is 0 Å². The molecule has 160 valence electrons. The van der Waals surface area contributed by atoms with E-state index >= 15 is 0 Å². The molecule has 3 aromatic rings. The molecule has 2 fully saturated rings. The number of imide groups is 1. The summed E-state index contributed by atoms with van der Waals surface area (Å²) < 4.78 is 0. The van der Waals surface area contributed by atoms with Crippen LogP contribution in [0.5, 0.6) is 0 Å². The van der Waals surface area contributed by atoms with Gasteiger partial charge < -0.3 is 5.11 Å². The summed E-state index contributed by atoms with van der Waals surface area (Å²) >= 11 is 5.95. The van der Waals surface area contributed by atoms with Gasteiger partial charge in [-0.25, -0.2) is 14.8 Å². The SMILES string of the molecule is O=C(O)c1ccccc1[C@@H]1[C@@H]2C(=O)N(c3ccc(Cl)cc3)C(=O)[C@@H]2ON1c1ccccc1. The molecule has 0 aliphatic carbocycles. The lowest BCUT2D eigenvalue weighted by atomic mass is 9.88. The monoisotopic (exact) mass is 448 g/mol. The molecule has 0 spiro atoms. The number of rotatable bonds is 4. The Morgan fingerprint density at radius 2 is 1.50 bits per heavy atom. The van der Waals surface area contributed by atoms with E-state index < -0.39 is 35.8 Å². The number of halogens is 1. The zero-order chi connectivity index (χ0) is 22.4. The standard InChI is InChI=1S/C24H17ClN2O5/c25-14-10-12-15(13-11-14)26-22(28)19-20(17-8-4-5-9-18(17)24(30)31)27(32-21(19)23(26)29)16-6-2-1-3-7-16/h1-13,19-21H,(H,30,31)/t19-,20+,21+/m0/s1. The van der Waals surface area contributed by atoms with Crippen LogP contribution in [0.2, 0.25) is 5.02 Å². The molecule has 3 atom stereocenters. The lowest BCUT2D eigenvalue weighted by molar-refractivity contribution is -0.126. The Balaban J connectivity index is 1.63. The molecule has 2 saturated heterocycles. The predicted molar refractivity (Wildman–Crippen MR) is 117 cm³/mol. The largest absolute Gasteiger partial charge is 0.478 e. The van der Waals surface area contributed by atoms with Crippen molar-refractivity contribution < 1.29 is 24.3 Å². The summed E-state index contributed by atoms with van der Waals surface area (Å²) in [4.78, 5) is 45.9. The minimum absolute atomic E-state index is 0.0490. The van der Waals surface area contributed by atoms with Crippen LogP contribution in [0.1, 0.15) is 22.0 Å². The molecule has 2 amide bonds. The number of hydrogen-bond acceptors (Lipinski definition) is 5. The number of benzene rings is 3. The predicted octanol–water partition coefficient (Wildman–Crippen LogP) is 4.09. The second kappa shape index (κ2) is 7.78. The van der Waals surface area contributed by atoms with Crippen molar-refractivity contribution in [2.45, 2.75) is 12.1 Å². The van der Waals surface area contributed by atoms with Crippen LogP contribution < -0.4 is 9.96 Å². The van der Waals surface area contributed by atoms with Crippen LogP contribution in [-0.4, -0.2) is 29.0 Å². The number of hydrogen-bond donors (Lipinski definition) is 1. The third kappa shape index (κ3) is 3.14. The van der Waals surface area contributed by atoms with E-state index in [1.54, 1.807) is 66.7 Å². The molecule has 0 saturated carbocycles. The third-order valence-electron chi connectivity index (χ3n) is 5.72. The fourth-order valence-corrected chi connectivity index (χ4v) is 4.45. The topological polar surface area (TPSA) is 87.2 Å². The van der Waals surface area contributed by atoms with E-state index in [2.05, 4.69) is 0 Å². The number of nitrogens with zero attached hydrogens (tertiary/aromatic N) is 2. The molecule has 3 aromatic carbocycles. The summed E-state index contributed by atoms with van der Waals surface area (Å²) in [5.74, 6) is -2.99. The van der Waals surface area contributed by atoms with E-state index in [0.29, 0.717) is 22.0 Å². The Kier molecular flexibility index (Phi) is 4.92. The van der Waals surface area contributed by atoms with E-state index in [1.807, 2.05) is 6.07 Å². The Morgan fingerprint density at radius 1 is 0.844 bits per heavy atom. The van der Waals surface area contributed by atoms with E-state index in [9.17, 15) is 19.5 Å². The minimum atomic E-state index is -1.12. The molecule has 2 aliphatic rings. The van der Waals surface area contributed by atoms with Gasteiger partial charge in [0.1, 0.15) is 5.92 Å². The maximum Gasteiger partial charge on any atom is 0.336 e. The maximum absolute atomic E-state index is 13.5. The molecular weight excluding hydrogens is 432 g/mol. The number of carbonyl (C=O) groups excluding carboxylic acids is 2. The number of hydroxylamine groups is 1. The van der Waals surface area contributed by atoms with Gasteiger partial charge in [-0.3, -0.25) is 14.4 Å². The van der Waals surface area contributed by atoms with Gasteiger partial charge in [0, 0.05) is 5.02 Å².